The van der Waals surface area contributed by atoms with E-state index in [4.69, 9.17) is 18.9 Å². The molecular weight excluding hydrogens is 913 g/mol. The number of rotatable bonds is 12. The second-order valence-electron chi connectivity index (χ2n) is 13.4. The molecule has 0 N–H and O–H groups in total. The van der Waals surface area contributed by atoms with E-state index >= 15 is 9.59 Å². The van der Waals surface area contributed by atoms with E-state index in [1.165, 1.54) is 41.1 Å². The van der Waals surface area contributed by atoms with Crippen LogP contribution in [-0.4, -0.2) is 37.6 Å². The second-order valence-corrected chi connectivity index (χ2v) is 19.7. The molecule has 306 valence electrons. The molecule has 63 heavy (non-hydrogen) atoms. The minimum atomic E-state index is -2.15. The number of esters is 2. The maximum atomic E-state index is 15.3. The number of nitrogens with zero attached hydrogens (tertiary/aromatic N) is 6. The lowest BCUT2D eigenvalue weighted by molar-refractivity contribution is -0.163. The Morgan fingerprint density at radius 1 is 0.603 bits per heavy atom. The highest BCUT2D eigenvalue weighted by atomic mass is 32.1. The normalized spacial score (nSPS) is 12.4. The van der Waals surface area contributed by atoms with Crippen LogP contribution in [0.15, 0.2) is 88.8 Å². The molecule has 0 unspecified atom stereocenters. The molecule has 0 atom stereocenters. The first-order chi connectivity index (χ1) is 30.7. The molecule has 9 rings (SSSR count). The van der Waals surface area contributed by atoms with E-state index in [0.717, 1.165) is 49.3 Å². The van der Waals surface area contributed by atoms with Crippen molar-refractivity contribution in [3.8, 4) is 45.5 Å². The van der Waals surface area contributed by atoms with Gasteiger partial charge in [0, 0.05) is 32.8 Å². The summed E-state index contributed by atoms with van der Waals surface area (Å²) in [6.45, 7) is -0.250. The topological polar surface area (TPSA) is 191 Å². The minimum absolute atomic E-state index is 0.125. The largest absolute Gasteiger partial charge is 0.495 e. The van der Waals surface area contributed by atoms with E-state index in [2.05, 4.69) is 16.1 Å². The van der Waals surface area contributed by atoms with Crippen molar-refractivity contribution < 1.29 is 28.5 Å². The average Bonchev–Trinajstić information content (AvgIpc) is 4.18. The van der Waals surface area contributed by atoms with Crippen LogP contribution in [0.1, 0.15) is 26.4 Å². The zero-order chi connectivity index (χ0) is 43.8. The molecule has 0 spiro atoms. The molecule has 1 aliphatic carbocycles. The third-order valence-corrected chi connectivity index (χ3v) is 17.4. The number of hydrogen-bond acceptors (Lipinski definition) is 18. The summed E-state index contributed by atoms with van der Waals surface area (Å²) in [7, 11) is 3.00. The standard InChI is InChI=1S/C45H24N6O6S6/c1-54-28-14-33(50-25(17-46)18-47)61-36(28)27-13-30-35(45(27,43(52)56-21-23-9-5-3-6-10-23)44(53)57-22-24-11-7-4-8-12-24)39-41(58-30)42-40(63-39)38-32(60-42)16-31(59-38)37-29(55-2)15-34(62-37)51-26(19-48)20-49/h3-16H,21-22H2,1-2H3. The number of benzene rings is 2. The van der Waals surface area contributed by atoms with Crippen molar-refractivity contribution in [2.24, 2.45) is 9.98 Å². The monoisotopic (exact) mass is 936 g/mol. The van der Waals surface area contributed by atoms with Crippen molar-refractivity contribution in [2.45, 2.75) is 18.6 Å². The van der Waals surface area contributed by atoms with Gasteiger partial charge < -0.3 is 18.9 Å². The van der Waals surface area contributed by atoms with Gasteiger partial charge in [0.15, 0.2) is 0 Å². The number of nitriles is 4. The summed E-state index contributed by atoms with van der Waals surface area (Å²) in [5.74, 6) is -0.852. The zero-order valence-electron chi connectivity index (χ0n) is 32.6. The predicted octanol–water partition coefficient (Wildman–Crippen LogP) is 11.7. The molecule has 18 heteroatoms. The Morgan fingerprint density at radius 2 is 1.11 bits per heavy atom. The van der Waals surface area contributed by atoms with Crippen LogP contribution in [0.3, 0.4) is 0 Å². The molecule has 0 saturated carbocycles. The second kappa shape index (κ2) is 17.0. The highest BCUT2D eigenvalue weighted by molar-refractivity contribution is 7.45. The third-order valence-electron chi connectivity index (χ3n) is 9.86. The molecule has 6 heterocycles. The van der Waals surface area contributed by atoms with Gasteiger partial charge in [-0.05, 0) is 23.3 Å². The molecule has 6 aromatic heterocycles. The number of hydrogen-bond donors (Lipinski definition) is 0. The van der Waals surface area contributed by atoms with Gasteiger partial charge in [-0.25, -0.2) is 9.98 Å². The summed E-state index contributed by atoms with van der Waals surface area (Å²) in [6, 6.07) is 30.8. The Bertz CT molecular complexity index is 3340. The third kappa shape index (κ3) is 7.15. The SMILES string of the molecule is COc1cc(N=C(C#N)C#N)sc1C1=Cc2sc3c(sc4c5sc(-c6sc(N=C(C#N)C#N)cc6OC)cc5sc34)c2C1(C(=O)OCc1ccccc1)C(=O)OCc1ccccc1. The molecule has 12 nitrogen and oxygen atoms in total. The first kappa shape index (κ1) is 41.4. The van der Waals surface area contributed by atoms with Crippen LogP contribution in [0, 0.1) is 45.3 Å². The van der Waals surface area contributed by atoms with E-state index in [9.17, 15) is 21.0 Å². The molecule has 1 aliphatic rings. The lowest BCUT2D eigenvalue weighted by Crippen LogP contribution is -2.45. The maximum absolute atomic E-state index is 15.3. The van der Waals surface area contributed by atoms with Gasteiger partial charge in [-0.3, -0.25) is 9.59 Å². The number of ether oxygens (including phenoxy) is 4. The molecule has 0 saturated heterocycles. The first-order valence-corrected chi connectivity index (χ1v) is 23.3. The van der Waals surface area contributed by atoms with Crippen molar-refractivity contribution in [1.29, 1.82) is 21.0 Å². The maximum Gasteiger partial charge on any atom is 0.333 e. The highest BCUT2D eigenvalue weighted by Gasteiger charge is 2.60. The van der Waals surface area contributed by atoms with Crippen molar-refractivity contribution in [2.75, 3.05) is 14.2 Å². The van der Waals surface area contributed by atoms with Crippen LogP contribution in [-0.2, 0) is 37.7 Å². The summed E-state index contributed by atoms with van der Waals surface area (Å²) in [6.07, 6.45) is 1.81. The van der Waals surface area contributed by atoms with E-state index < -0.39 is 17.4 Å². The Balaban J connectivity index is 1.24. The molecule has 0 bridgehead atoms. The van der Waals surface area contributed by atoms with E-state index in [-0.39, 0.29) is 41.0 Å². The fraction of sp³-hybridized carbons (Fsp3) is 0.111. The molecule has 0 amide bonds. The first-order valence-electron chi connectivity index (χ1n) is 18.4. The van der Waals surface area contributed by atoms with Gasteiger partial charge in [0.25, 0.3) is 0 Å². The summed E-state index contributed by atoms with van der Waals surface area (Å²) in [4.78, 5) is 41.8. The van der Waals surface area contributed by atoms with Crippen molar-refractivity contribution in [3.05, 3.63) is 105 Å². The van der Waals surface area contributed by atoms with Crippen LogP contribution < -0.4 is 9.47 Å². The zero-order valence-corrected chi connectivity index (χ0v) is 37.5. The Labute approximate surface area is 381 Å². The molecule has 8 aromatic rings. The van der Waals surface area contributed by atoms with Crippen LogP contribution in [0.5, 0.6) is 11.5 Å². The van der Waals surface area contributed by atoms with E-state index in [0.29, 0.717) is 37.2 Å². The molecule has 2 aromatic carbocycles. The summed E-state index contributed by atoms with van der Waals surface area (Å²) in [5, 5.41) is 38.3. The Kier molecular flexibility index (Phi) is 11.2. The fourth-order valence-electron chi connectivity index (χ4n) is 7.11. The van der Waals surface area contributed by atoms with Gasteiger partial charge in [0.2, 0.25) is 16.8 Å². The van der Waals surface area contributed by atoms with Crippen LogP contribution >= 0.6 is 68.0 Å². The summed E-state index contributed by atoms with van der Waals surface area (Å²) >= 11 is 8.48. The number of thiophene rings is 6. The average molecular weight is 937 g/mol. The molecule has 0 radical (unpaired) electrons. The van der Waals surface area contributed by atoms with Gasteiger partial charge in [0.05, 0.1) is 52.4 Å². The van der Waals surface area contributed by atoms with Crippen molar-refractivity contribution in [3.63, 3.8) is 0 Å². The lowest BCUT2D eigenvalue weighted by Gasteiger charge is -2.29. The van der Waals surface area contributed by atoms with Crippen LogP contribution in [0.4, 0.5) is 10.0 Å². The van der Waals surface area contributed by atoms with Crippen molar-refractivity contribution >= 4 is 141 Å². The van der Waals surface area contributed by atoms with E-state index in [1.54, 1.807) is 66.2 Å². The number of carbonyl (C=O) groups is 2. The van der Waals surface area contributed by atoms with Crippen molar-refractivity contribution in [1.82, 2.24) is 0 Å². The Morgan fingerprint density at radius 3 is 1.65 bits per heavy atom. The van der Waals surface area contributed by atoms with Gasteiger partial charge in [-0.2, -0.15) is 21.0 Å². The number of aliphatic imine (C=N–C) groups is 2. The molecule has 0 fully saturated rings. The predicted molar refractivity (Wildman–Crippen MR) is 250 cm³/mol. The molecule has 0 aliphatic heterocycles. The number of methoxy groups -OCH3 is 2. The minimum Gasteiger partial charge on any atom is -0.495 e. The van der Waals surface area contributed by atoms with E-state index in [1.807, 2.05) is 66.7 Å². The highest BCUT2D eigenvalue weighted by Crippen LogP contribution is 2.62. The molecular formula is C45H24N6O6S6. The smallest absolute Gasteiger partial charge is 0.333 e. The summed E-state index contributed by atoms with van der Waals surface area (Å²) in [5.41, 5.74) is -0.645. The number of carbonyl (C=O) groups excluding carboxylic acids is 2. The summed E-state index contributed by atoms with van der Waals surface area (Å²) < 4.78 is 29.5. The van der Waals surface area contributed by atoms with Gasteiger partial charge in [-0.1, -0.05) is 60.7 Å². The lowest BCUT2D eigenvalue weighted by atomic mass is 9.77. The van der Waals surface area contributed by atoms with Gasteiger partial charge >= 0.3 is 11.9 Å². The Hall–Kier alpha value is -7.00. The fourth-order valence-corrected chi connectivity index (χ4v) is 15.2. The number of fused-ring (bicyclic) bond motifs is 7. The van der Waals surface area contributed by atoms with Gasteiger partial charge in [0.1, 0.15) is 59.0 Å². The van der Waals surface area contributed by atoms with Crippen LogP contribution in [0.25, 0.3) is 49.6 Å². The van der Waals surface area contributed by atoms with Crippen LogP contribution in [0.2, 0.25) is 0 Å². The van der Waals surface area contributed by atoms with Gasteiger partial charge in [-0.15, -0.1) is 68.0 Å². The quantitative estimate of drug-likeness (QED) is 0.0647.